The average molecular weight is 200 g/mol. The van der Waals surface area contributed by atoms with E-state index in [1.165, 1.54) is 0 Å². The van der Waals surface area contributed by atoms with Crippen molar-refractivity contribution in [3.8, 4) is 0 Å². The highest BCUT2D eigenvalue weighted by Crippen LogP contribution is 2.23. The summed E-state index contributed by atoms with van der Waals surface area (Å²) < 4.78 is 10.9. The van der Waals surface area contributed by atoms with Crippen LogP contribution in [0.3, 0.4) is 0 Å². The predicted octanol–water partition coefficient (Wildman–Crippen LogP) is -0.129. The fourth-order valence-electron chi connectivity index (χ4n) is 2.12. The van der Waals surface area contributed by atoms with Gasteiger partial charge in [0.25, 0.3) is 0 Å². The second-order valence-corrected chi connectivity index (χ2v) is 4.50. The lowest BCUT2D eigenvalue weighted by molar-refractivity contribution is -0.0195. The van der Waals surface area contributed by atoms with Gasteiger partial charge in [-0.3, -0.25) is 0 Å². The van der Waals surface area contributed by atoms with Gasteiger partial charge in [-0.2, -0.15) is 0 Å². The van der Waals surface area contributed by atoms with Gasteiger partial charge < -0.3 is 20.5 Å². The number of methoxy groups -OCH3 is 1. The Morgan fingerprint density at radius 3 is 2.86 bits per heavy atom. The molecule has 1 aliphatic heterocycles. The van der Waals surface area contributed by atoms with Gasteiger partial charge in [0.1, 0.15) is 5.60 Å². The van der Waals surface area contributed by atoms with Gasteiger partial charge >= 0.3 is 0 Å². The van der Waals surface area contributed by atoms with Gasteiger partial charge in [0.2, 0.25) is 0 Å². The van der Waals surface area contributed by atoms with E-state index >= 15 is 0 Å². The highest BCUT2D eigenvalue weighted by Gasteiger charge is 2.36. The first-order valence-corrected chi connectivity index (χ1v) is 5.36. The fraction of sp³-hybridized carbons (Fsp3) is 1.00. The number of nitrogens with two attached hydrogens (primary N) is 1. The first kappa shape index (κ1) is 10.4. The molecule has 1 saturated heterocycles. The molecular weight excluding hydrogens is 180 g/mol. The van der Waals surface area contributed by atoms with Gasteiger partial charge in [0, 0.05) is 38.8 Å². The molecule has 0 radical (unpaired) electrons. The van der Waals surface area contributed by atoms with Crippen LogP contribution in [-0.4, -0.2) is 44.6 Å². The van der Waals surface area contributed by atoms with E-state index in [1.54, 1.807) is 7.11 Å². The van der Waals surface area contributed by atoms with E-state index in [0.29, 0.717) is 12.1 Å². The number of hydrogen-bond donors (Lipinski definition) is 2. The van der Waals surface area contributed by atoms with Crippen molar-refractivity contribution in [3.63, 3.8) is 0 Å². The smallest absolute Gasteiger partial charge is 0.106 e. The third-order valence-corrected chi connectivity index (χ3v) is 3.39. The lowest BCUT2D eigenvalue weighted by Crippen LogP contribution is -2.53. The summed E-state index contributed by atoms with van der Waals surface area (Å²) in [5, 5.41) is 3.50. The standard InChI is InChI=1S/C10H20N2O2/c1-13-10(2-3-14-7-10)6-12-9-4-8(11)5-9/h8-9,12H,2-7,11H2,1H3. The Kier molecular flexibility index (Phi) is 3.07. The van der Waals surface area contributed by atoms with Gasteiger partial charge in [-0.25, -0.2) is 0 Å². The zero-order valence-corrected chi connectivity index (χ0v) is 8.79. The van der Waals surface area contributed by atoms with E-state index < -0.39 is 0 Å². The SMILES string of the molecule is COC1(CNC2CC(N)C2)CCOC1. The predicted molar refractivity (Wildman–Crippen MR) is 54.2 cm³/mol. The molecule has 0 spiro atoms. The van der Waals surface area contributed by atoms with Crippen LogP contribution in [0.25, 0.3) is 0 Å². The summed E-state index contributed by atoms with van der Waals surface area (Å²) in [5.41, 5.74) is 5.64. The molecule has 2 fully saturated rings. The van der Waals surface area contributed by atoms with Crippen LogP contribution in [0.5, 0.6) is 0 Å². The van der Waals surface area contributed by atoms with Crippen molar-refractivity contribution in [3.05, 3.63) is 0 Å². The molecule has 0 aromatic carbocycles. The minimum absolute atomic E-state index is 0.0836. The van der Waals surface area contributed by atoms with Gasteiger partial charge in [-0.05, 0) is 12.8 Å². The van der Waals surface area contributed by atoms with Crippen molar-refractivity contribution < 1.29 is 9.47 Å². The molecule has 0 aromatic rings. The van der Waals surface area contributed by atoms with Crippen molar-refractivity contribution in [2.24, 2.45) is 5.73 Å². The van der Waals surface area contributed by atoms with Crippen LogP contribution < -0.4 is 11.1 Å². The van der Waals surface area contributed by atoms with Crippen molar-refractivity contribution in [2.75, 3.05) is 26.9 Å². The highest BCUT2D eigenvalue weighted by atomic mass is 16.5. The number of nitrogens with one attached hydrogen (secondary N) is 1. The molecule has 3 N–H and O–H groups in total. The Hall–Kier alpha value is -0.160. The van der Waals surface area contributed by atoms with E-state index in [2.05, 4.69) is 5.32 Å². The van der Waals surface area contributed by atoms with Gasteiger partial charge in [0.15, 0.2) is 0 Å². The lowest BCUT2D eigenvalue weighted by atomic mass is 9.87. The molecule has 82 valence electrons. The molecule has 1 atom stereocenters. The van der Waals surface area contributed by atoms with E-state index in [9.17, 15) is 0 Å². The first-order chi connectivity index (χ1) is 6.74. The topological polar surface area (TPSA) is 56.5 Å². The molecule has 1 heterocycles. The number of hydrogen-bond acceptors (Lipinski definition) is 4. The van der Waals surface area contributed by atoms with Crippen LogP contribution in [0.15, 0.2) is 0 Å². The van der Waals surface area contributed by atoms with Crippen LogP contribution >= 0.6 is 0 Å². The molecule has 1 saturated carbocycles. The molecule has 14 heavy (non-hydrogen) atoms. The van der Waals surface area contributed by atoms with E-state index in [-0.39, 0.29) is 5.60 Å². The fourth-order valence-corrected chi connectivity index (χ4v) is 2.12. The number of rotatable bonds is 4. The van der Waals surface area contributed by atoms with Crippen molar-refractivity contribution in [1.82, 2.24) is 5.32 Å². The van der Waals surface area contributed by atoms with Crippen LogP contribution in [0, 0.1) is 0 Å². The van der Waals surface area contributed by atoms with Crippen LogP contribution in [0.1, 0.15) is 19.3 Å². The molecular formula is C10H20N2O2. The quantitative estimate of drug-likeness (QED) is 0.664. The molecule has 0 aromatic heterocycles. The maximum atomic E-state index is 5.72. The average Bonchev–Trinajstić information content (AvgIpc) is 2.60. The summed E-state index contributed by atoms with van der Waals surface area (Å²) in [4.78, 5) is 0. The lowest BCUT2D eigenvalue weighted by Gasteiger charge is -2.36. The van der Waals surface area contributed by atoms with E-state index in [0.717, 1.165) is 39.0 Å². The van der Waals surface area contributed by atoms with Gasteiger partial charge in [0.05, 0.1) is 6.61 Å². The Bertz CT molecular complexity index is 187. The summed E-state index contributed by atoms with van der Waals surface area (Å²) in [5.74, 6) is 0. The second kappa shape index (κ2) is 4.14. The maximum absolute atomic E-state index is 5.72. The normalized spacial score (nSPS) is 42.4. The minimum atomic E-state index is -0.0836. The molecule has 1 unspecified atom stereocenters. The zero-order chi connectivity index (χ0) is 10.0. The Balaban J connectivity index is 1.72. The second-order valence-electron chi connectivity index (χ2n) is 4.50. The third-order valence-electron chi connectivity index (χ3n) is 3.39. The molecule has 0 amide bonds. The summed E-state index contributed by atoms with van der Waals surface area (Å²) in [6.45, 7) is 2.43. The van der Waals surface area contributed by atoms with E-state index in [1.807, 2.05) is 0 Å². The Morgan fingerprint density at radius 2 is 2.36 bits per heavy atom. The molecule has 2 aliphatic rings. The maximum Gasteiger partial charge on any atom is 0.106 e. The largest absolute Gasteiger partial charge is 0.378 e. The van der Waals surface area contributed by atoms with Gasteiger partial charge in [-0.1, -0.05) is 0 Å². The van der Waals surface area contributed by atoms with Crippen molar-refractivity contribution in [2.45, 2.75) is 36.9 Å². The molecule has 1 aliphatic carbocycles. The summed E-state index contributed by atoms with van der Waals surface area (Å²) in [6.07, 6.45) is 3.19. The zero-order valence-electron chi connectivity index (χ0n) is 8.79. The van der Waals surface area contributed by atoms with Crippen molar-refractivity contribution in [1.29, 1.82) is 0 Å². The van der Waals surface area contributed by atoms with Crippen molar-refractivity contribution >= 4 is 0 Å². The van der Waals surface area contributed by atoms with Crippen LogP contribution in [0.4, 0.5) is 0 Å². The monoisotopic (exact) mass is 200 g/mol. The first-order valence-electron chi connectivity index (χ1n) is 5.36. The molecule has 4 nitrogen and oxygen atoms in total. The summed E-state index contributed by atoms with van der Waals surface area (Å²) >= 11 is 0. The van der Waals surface area contributed by atoms with Crippen LogP contribution in [0.2, 0.25) is 0 Å². The third kappa shape index (κ3) is 2.08. The minimum Gasteiger partial charge on any atom is -0.378 e. The van der Waals surface area contributed by atoms with Crippen LogP contribution in [-0.2, 0) is 9.47 Å². The Labute approximate surface area is 85.1 Å². The molecule has 2 rings (SSSR count). The Morgan fingerprint density at radius 1 is 1.57 bits per heavy atom. The summed E-state index contributed by atoms with van der Waals surface area (Å²) in [6, 6.07) is 1.00. The molecule has 0 bridgehead atoms. The van der Waals surface area contributed by atoms with Gasteiger partial charge in [-0.15, -0.1) is 0 Å². The molecule has 4 heteroatoms. The number of ether oxygens (including phenoxy) is 2. The van der Waals surface area contributed by atoms with E-state index in [4.69, 9.17) is 15.2 Å². The highest BCUT2D eigenvalue weighted by molar-refractivity contribution is 4.93. The summed E-state index contributed by atoms with van der Waals surface area (Å²) in [7, 11) is 1.77.